The quantitative estimate of drug-likeness (QED) is 0.591. The first-order valence-corrected chi connectivity index (χ1v) is 7.93. The minimum Gasteiger partial charge on any atom is -0.493 e. The second-order valence-electron chi connectivity index (χ2n) is 5.47. The van der Waals surface area contributed by atoms with Crippen molar-refractivity contribution in [2.24, 2.45) is 5.10 Å². The smallest absolute Gasteiger partial charge is 0.277 e. The first-order valence-electron chi connectivity index (χ1n) is 7.93. The van der Waals surface area contributed by atoms with E-state index in [1.165, 1.54) is 6.21 Å². The van der Waals surface area contributed by atoms with Crippen molar-refractivity contribution in [1.82, 2.24) is 5.43 Å². The van der Waals surface area contributed by atoms with Crippen molar-refractivity contribution in [3.63, 3.8) is 0 Å². The minimum atomic E-state index is -0.341. The van der Waals surface area contributed by atoms with E-state index >= 15 is 0 Å². The number of nitrogens with zero attached hydrogens (tertiary/aromatic N) is 1. The zero-order valence-corrected chi connectivity index (χ0v) is 14.6. The number of hydrazone groups is 1. The summed E-state index contributed by atoms with van der Waals surface area (Å²) in [5.41, 5.74) is 3.19. The molecular weight excluding hydrogens is 320 g/mol. The van der Waals surface area contributed by atoms with Crippen LogP contribution in [0.1, 0.15) is 19.4 Å². The van der Waals surface area contributed by atoms with E-state index < -0.39 is 0 Å². The van der Waals surface area contributed by atoms with Gasteiger partial charge in [0.25, 0.3) is 5.91 Å². The molecule has 25 heavy (non-hydrogen) atoms. The molecule has 0 saturated heterocycles. The Kier molecular flexibility index (Phi) is 6.83. The Morgan fingerprint density at radius 3 is 2.60 bits per heavy atom. The average Bonchev–Trinajstić information content (AvgIpc) is 2.61. The van der Waals surface area contributed by atoms with Gasteiger partial charge >= 0.3 is 0 Å². The van der Waals surface area contributed by atoms with Crippen molar-refractivity contribution in [3.05, 3.63) is 54.1 Å². The number of carbonyl (C=O) groups excluding carboxylic acids is 1. The van der Waals surface area contributed by atoms with Gasteiger partial charge in [0.1, 0.15) is 5.75 Å². The van der Waals surface area contributed by atoms with E-state index in [0.717, 1.165) is 5.56 Å². The number of rotatable bonds is 8. The van der Waals surface area contributed by atoms with Crippen LogP contribution in [-0.2, 0) is 4.79 Å². The number of para-hydroxylation sites is 1. The van der Waals surface area contributed by atoms with Crippen LogP contribution >= 0.6 is 0 Å². The number of ether oxygens (including phenoxy) is 3. The molecule has 6 heteroatoms. The maximum absolute atomic E-state index is 11.7. The van der Waals surface area contributed by atoms with Crippen molar-refractivity contribution >= 4 is 12.1 Å². The van der Waals surface area contributed by atoms with Crippen molar-refractivity contribution in [1.29, 1.82) is 0 Å². The van der Waals surface area contributed by atoms with Gasteiger partial charge in [-0.15, -0.1) is 0 Å². The number of nitrogens with one attached hydrogen (secondary N) is 1. The second kappa shape index (κ2) is 9.32. The monoisotopic (exact) mass is 342 g/mol. The van der Waals surface area contributed by atoms with Crippen LogP contribution in [0.3, 0.4) is 0 Å². The summed E-state index contributed by atoms with van der Waals surface area (Å²) in [5, 5.41) is 3.92. The van der Waals surface area contributed by atoms with Crippen molar-refractivity contribution in [2.75, 3.05) is 13.7 Å². The molecular formula is C19H22N2O4. The molecule has 132 valence electrons. The second-order valence-corrected chi connectivity index (χ2v) is 5.47. The van der Waals surface area contributed by atoms with E-state index in [2.05, 4.69) is 10.5 Å². The molecule has 0 saturated carbocycles. The molecule has 0 aliphatic heterocycles. The molecule has 2 rings (SSSR count). The molecule has 0 aliphatic rings. The highest BCUT2D eigenvalue weighted by molar-refractivity contribution is 5.83. The van der Waals surface area contributed by atoms with Gasteiger partial charge in [0.2, 0.25) is 0 Å². The lowest BCUT2D eigenvalue weighted by Gasteiger charge is -2.13. The summed E-state index contributed by atoms with van der Waals surface area (Å²) in [6, 6.07) is 14.5. The molecule has 1 N–H and O–H groups in total. The molecule has 0 radical (unpaired) electrons. The van der Waals surface area contributed by atoms with E-state index in [-0.39, 0.29) is 18.6 Å². The van der Waals surface area contributed by atoms with E-state index in [9.17, 15) is 4.79 Å². The van der Waals surface area contributed by atoms with Crippen LogP contribution in [0.15, 0.2) is 53.6 Å². The third-order valence-electron chi connectivity index (χ3n) is 3.07. The van der Waals surface area contributed by atoms with Crippen LogP contribution in [0.4, 0.5) is 0 Å². The molecule has 0 aromatic heterocycles. The summed E-state index contributed by atoms with van der Waals surface area (Å²) >= 11 is 0. The summed E-state index contributed by atoms with van der Waals surface area (Å²) < 4.78 is 16.3. The number of methoxy groups -OCH3 is 1. The molecule has 0 aliphatic carbocycles. The molecule has 6 nitrogen and oxygen atoms in total. The summed E-state index contributed by atoms with van der Waals surface area (Å²) in [5.74, 6) is 1.56. The highest BCUT2D eigenvalue weighted by Gasteiger charge is 2.07. The van der Waals surface area contributed by atoms with Gasteiger partial charge in [0.05, 0.1) is 19.4 Å². The SMILES string of the molecule is COc1cc(/C=N/NC(=O)COc2ccccc2)ccc1OC(C)C. The van der Waals surface area contributed by atoms with Crippen molar-refractivity contribution in [2.45, 2.75) is 20.0 Å². The summed E-state index contributed by atoms with van der Waals surface area (Å²) in [7, 11) is 1.58. The van der Waals surface area contributed by atoms with Crippen LogP contribution in [0.5, 0.6) is 17.2 Å². The molecule has 0 atom stereocenters. The Balaban J connectivity index is 1.87. The van der Waals surface area contributed by atoms with Crippen LogP contribution in [0.2, 0.25) is 0 Å². The predicted octanol–water partition coefficient (Wildman–Crippen LogP) is 3.01. The first kappa shape index (κ1) is 18.3. The maximum atomic E-state index is 11.7. The number of benzene rings is 2. The van der Waals surface area contributed by atoms with Gasteiger partial charge in [-0.05, 0) is 49.7 Å². The normalized spacial score (nSPS) is 10.7. The fraction of sp³-hybridized carbons (Fsp3) is 0.263. The third-order valence-corrected chi connectivity index (χ3v) is 3.07. The van der Waals surface area contributed by atoms with Gasteiger partial charge in [0, 0.05) is 0 Å². The standard InChI is InChI=1S/C19H22N2O4/c1-14(2)25-17-10-9-15(11-18(17)23-3)12-20-21-19(22)13-24-16-7-5-4-6-8-16/h4-12,14H,13H2,1-3H3,(H,21,22)/b20-12+. The average molecular weight is 342 g/mol. The van der Waals surface area contributed by atoms with Gasteiger partial charge in [-0.1, -0.05) is 18.2 Å². The zero-order chi connectivity index (χ0) is 18.1. The van der Waals surface area contributed by atoms with Crippen molar-refractivity contribution < 1.29 is 19.0 Å². The van der Waals surface area contributed by atoms with Crippen LogP contribution in [0, 0.1) is 0 Å². The largest absolute Gasteiger partial charge is 0.493 e. The topological polar surface area (TPSA) is 69.2 Å². The summed E-state index contributed by atoms with van der Waals surface area (Å²) in [4.78, 5) is 11.7. The molecule has 0 bridgehead atoms. The zero-order valence-electron chi connectivity index (χ0n) is 14.6. The van der Waals surface area contributed by atoms with E-state index in [1.807, 2.05) is 38.1 Å². The van der Waals surface area contributed by atoms with Crippen molar-refractivity contribution in [3.8, 4) is 17.2 Å². The molecule has 0 unspecified atom stereocenters. The Hall–Kier alpha value is -3.02. The molecule has 1 amide bonds. The van der Waals surface area contributed by atoms with Gasteiger partial charge in [-0.2, -0.15) is 5.10 Å². The maximum Gasteiger partial charge on any atom is 0.277 e. The summed E-state index contributed by atoms with van der Waals surface area (Å²) in [6.45, 7) is 3.79. The van der Waals surface area contributed by atoms with Crippen LogP contribution in [-0.4, -0.2) is 31.9 Å². The highest BCUT2D eigenvalue weighted by atomic mass is 16.5. The number of carbonyl (C=O) groups is 1. The van der Waals surface area contributed by atoms with E-state index in [1.54, 1.807) is 31.4 Å². The lowest BCUT2D eigenvalue weighted by atomic mass is 10.2. The van der Waals surface area contributed by atoms with E-state index in [4.69, 9.17) is 14.2 Å². The first-order chi connectivity index (χ1) is 12.1. The Morgan fingerprint density at radius 1 is 1.16 bits per heavy atom. The lowest BCUT2D eigenvalue weighted by molar-refractivity contribution is -0.123. The Labute approximate surface area is 147 Å². The fourth-order valence-corrected chi connectivity index (χ4v) is 1.99. The van der Waals surface area contributed by atoms with Gasteiger partial charge in [-0.25, -0.2) is 5.43 Å². The summed E-state index contributed by atoms with van der Waals surface area (Å²) in [6.07, 6.45) is 1.58. The lowest BCUT2D eigenvalue weighted by Crippen LogP contribution is -2.24. The van der Waals surface area contributed by atoms with Gasteiger partial charge < -0.3 is 14.2 Å². The van der Waals surface area contributed by atoms with Gasteiger partial charge in [-0.3, -0.25) is 4.79 Å². The number of hydrogen-bond donors (Lipinski definition) is 1. The molecule has 0 fully saturated rings. The number of hydrogen-bond acceptors (Lipinski definition) is 5. The predicted molar refractivity (Wildman–Crippen MR) is 96.4 cm³/mol. The van der Waals surface area contributed by atoms with E-state index in [0.29, 0.717) is 17.2 Å². The fourth-order valence-electron chi connectivity index (χ4n) is 1.99. The van der Waals surface area contributed by atoms with Crippen LogP contribution < -0.4 is 19.6 Å². The molecule has 0 spiro atoms. The third kappa shape index (κ3) is 6.18. The van der Waals surface area contributed by atoms with Gasteiger partial charge in [0.15, 0.2) is 18.1 Å². The Bertz CT molecular complexity index is 715. The number of amides is 1. The molecule has 2 aromatic carbocycles. The highest BCUT2D eigenvalue weighted by Crippen LogP contribution is 2.28. The van der Waals surface area contributed by atoms with Crippen LogP contribution in [0.25, 0.3) is 0 Å². The molecule has 2 aromatic rings. The minimum absolute atomic E-state index is 0.0531. The molecule has 0 heterocycles. The Morgan fingerprint density at radius 2 is 1.92 bits per heavy atom.